The van der Waals surface area contributed by atoms with E-state index in [1.165, 1.54) is 0 Å². The van der Waals surface area contributed by atoms with Crippen molar-refractivity contribution >= 4 is 20.4 Å². The molecule has 45 heavy (non-hydrogen) atoms. The molecule has 0 unspecified atom stereocenters. The van der Waals surface area contributed by atoms with Gasteiger partial charge in [-0.15, -0.1) is 0 Å². The Morgan fingerprint density at radius 2 is 1.31 bits per heavy atom. The van der Waals surface area contributed by atoms with Crippen molar-refractivity contribution in [1.82, 2.24) is 5.32 Å². The van der Waals surface area contributed by atoms with Gasteiger partial charge in [0.25, 0.3) is 0 Å². The van der Waals surface area contributed by atoms with Crippen molar-refractivity contribution in [3.05, 3.63) is 102 Å². The maximum Gasteiger partial charge on any atom is 0.407 e. The third-order valence-corrected chi connectivity index (χ3v) is 12.7. The van der Waals surface area contributed by atoms with E-state index in [0.29, 0.717) is 19.4 Å². The van der Waals surface area contributed by atoms with Crippen LogP contribution in [0.15, 0.2) is 84.9 Å². The molecular weight excluding hydrogens is 582 g/mol. The second-order valence-corrected chi connectivity index (χ2v) is 19.0. The van der Waals surface area contributed by atoms with Crippen molar-refractivity contribution < 1.29 is 28.6 Å². The number of ether oxygens (including phenoxy) is 2. The summed E-state index contributed by atoms with van der Waals surface area (Å²) in [7, 11) is -2.39. The number of alkyl carbamates (subject to hydrolysis) is 1. The third kappa shape index (κ3) is 12.0. The third-order valence-electron chi connectivity index (χ3n) is 8.22. The normalized spacial score (nSPS) is 14.2. The molecule has 0 aliphatic heterocycles. The summed E-state index contributed by atoms with van der Waals surface area (Å²) in [4.78, 5) is 25.8. The molecule has 3 aromatic carbocycles. The molecule has 0 bridgehead atoms. The summed E-state index contributed by atoms with van der Waals surface area (Å²) in [5.41, 5.74) is 2.29. The lowest BCUT2D eigenvalue weighted by atomic mass is 9.89. The van der Waals surface area contributed by atoms with E-state index < -0.39 is 44.0 Å². The Morgan fingerprint density at radius 3 is 1.82 bits per heavy atom. The molecule has 0 fully saturated rings. The molecule has 0 spiro atoms. The predicted molar refractivity (Wildman–Crippen MR) is 182 cm³/mol. The van der Waals surface area contributed by atoms with Crippen LogP contribution in [0, 0.1) is 5.92 Å². The highest BCUT2D eigenvalue weighted by Gasteiger charge is 2.42. The van der Waals surface area contributed by atoms with Crippen LogP contribution in [0.2, 0.25) is 18.1 Å². The Hall–Kier alpha value is -3.62. The highest BCUT2D eigenvalue weighted by molar-refractivity contribution is 6.74. The van der Waals surface area contributed by atoms with Crippen LogP contribution in [0.1, 0.15) is 64.7 Å². The van der Waals surface area contributed by atoms with Crippen molar-refractivity contribution in [2.45, 2.75) is 103 Å². The van der Waals surface area contributed by atoms with Crippen LogP contribution in [-0.4, -0.2) is 43.2 Å². The molecule has 0 saturated heterocycles. The molecule has 0 heterocycles. The average Bonchev–Trinajstić information content (AvgIpc) is 2.95. The molecule has 0 saturated carbocycles. The fourth-order valence-corrected chi connectivity index (χ4v) is 6.12. The number of rotatable bonds is 14. The van der Waals surface area contributed by atoms with Gasteiger partial charge in [-0.2, -0.15) is 0 Å². The van der Waals surface area contributed by atoms with Crippen LogP contribution in [0.3, 0.4) is 0 Å². The second kappa shape index (κ2) is 15.6. The van der Waals surface area contributed by atoms with Crippen molar-refractivity contribution in [1.29, 1.82) is 0 Å². The smallest absolute Gasteiger partial charge is 0.407 e. The van der Waals surface area contributed by atoms with Crippen molar-refractivity contribution in [3.63, 3.8) is 0 Å². The van der Waals surface area contributed by atoms with Crippen LogP contribution in [0.5, 0.6) is 5.75 Å². The van der Waals surface area contributed by atoms with Crippen molar-refractivity contribution in [2.24, 2.45) is 5.92 Å². The van der Waals surface area contributed by atoms with Crippen LogP contribution < -0.4 is 10.1 Å². The molecule has 2 N–H and O–H groups in total. The number of carbonyl (C=O) groups is 2. The van der Waals surface area contributed by atoms with Crippen molar-refractivity contribution in [2.75, 3.05) is 0 Å². The fraction of sp³-hybridized carbons (Fsp3) is 0.459. The lowest BCUT2D eigenvalue weighted by Gasteiger charge is -2.42. The van der Waals surface area contributed by atoms with Crippen LogP contribution >= 0.6 is 0 Å². The molecule has 8 heteroatoms. The minimum absolute atomic E-state index is 0.122. The molecule has 244 valence electrons. The average molecular weight is 634 g/mol. The van der Waals surface area contributed by atoms with Gasteiger partial charge in [0.15, 0.2) is 8.32 Å². The Kier molecular flexibility index (Phi) is 12.4. The van der Waals surface area contributed by atoms with Gasteiger partial charge in [0, 0.05) is 0 Å². The first-order valence-electron chi connectivity index (χ1n) is 15.7. The van der Waals surface area contributed by atoms with E-state index >= 15 is 0 Å². The summed E-state index contributed by atoms with van der Waals surface area (Å²) >= 11 is 0. The summed E-state index contributed by atoms with van der Waals surface area (Å²) in [5, 5.41) is 13.4. The number of carboxylic acid groups (broad SMARTS) is 1. The Balaban J connectivity index is 1.87. The van der Waals surface area contributed by atoms with Crippen molar-refractivity contribution in [3.8, 4) is 5.75 Å². The zero-order valence-electron chi connectivity index (χ0n) is 28.1. The number of amides is 1. The zero-order chi connectivity index (χ0) is 33.3. The van der Waals surface area contributed by atoms with Gasteiger partial charge in [0.2, 0.25) is 0 Å². The van der Waals surface area contributed by atoms with E-state index in [-0.39, 0.29) is 11.5 Å². The summed E-state index contributed by atoms with van der Waals surface area (Å²) in [6.45, 7) is 16.7. The molecule has 0 aromatic heterocycles. The van der Waals surface area contributed by atoms with Gasteiger partial charge >= 0.3 is 12.1 Å². The Bertz CT molecular complexity index is 1350. The maximum atomic E-state index is 13.1. The van der Waals surface area contributed by atoms with E-state index in [1.807, 2.05) is 106 Å². The second-order valence-electron chi connectivity index (χ2n) is 14.3. The molecule has 0 radical (unpaired) electrons. The lowest BCUT2D eigenvalue weighted by molar-refractivity contribution is -0.142. The zero-order valence-corrected chi connectivity index (χ0v) is 29.1. The molecular formula is C37H51NO6Si. The van der Waals surface area contributed by atoms with Gasteiger partial charge in [-0.1, -0.05) is 93.6 Å². The Morgan fingerprint density at radius 1 is 0.778 bits per heavy atom. The van der Waals surface area contributed by atoms with Crippen LogP contribution in [0.25, 0.3) is 0 Å². The molecule has 0 aliphatic rings. The first kappa shape index (κ1) is 35.9. The van der Waals surface area contributed by atoms with E-state index in [0.717, 1.165) is 22.4 Å². The van der Waals surface area contributed by atoms with E-state index in [4.69, 9.17) is 13.9 Å². The number of hydrogen-bond donors (Lipinski definition) is 2. The molecule has 0 aliphatic carbocycles. The number of carbonyl (C=O) groups excluding carboxylic acids is 1. The van der Waals surface area contributed by atoms with E-state index in [9.17, 15) is 14.7 Å². The van der Waals surface area contributed by atoms with E-state index in [1.54, 1.807) is 0 Å². The number of hydrogen-bond acceptors (Lipinski definition) is 5. The monoisotopic (exact) mass is 633 g/mol. The Labute approximate surface area is 270 Å². The van der Waals surface area contributed by atoms with Gasteiger partial charge in [0.05, 0.1) is 18.1 Å². The molecule has 3 rings (SSSR count). The fourth-order valence-electron chi connectivity index (χ4n) is 4.75. The molecule has 3 atom stereocenters. The number of benzene rings is 3. The number of carboxylic acids is 1. The lowest BCUT2D eigenvalue weighted by Crippen LogP contribution is -2.54. The SMILES string of the molecule is CC(C)(C)OC(=O)N[C@@H](Cc1ccccc1)[C@@H](C[C@H](Cc1ccc(OCc2ccccc2)cc1)C(=O)O)O[Si](C)(C)C(C)(C)C. The molecule has 3 aromatic rings. The van der Waals surface area contributed by atoms with Gasteiger partial charge < -0.3 is 24.3 Å². The first-order valence-corrected chi connectivity index (χ1v) is 18.6. The largest absolute Gasteiger partial charge is 0.489 e. The minimum atomic E-state index is -2.39. The number of nitrogens with one attached hydrogen (secondary N) is 1. The van der Waals surface area contributed by atoms with Gasteiger partial charge in [-0.05, 0) is 87.0 Å². The standard InChI is InChI=1S/C37H51NO6Si/c1-36(2,3)43-35(41)38-32(24-27-15-11-9-12-16-27)33(44-45(7,8)37(4,5)6)25-30(34(39)40)23-28-19-21-31(22-20-28)42-26-29-17-13-10-14-18-29/h9-22,30,32-33H,23-26H2,1-8H3,(H,38,41)(H,39,40)/t30-,32-,33+/m0/s1. The minimum Gasteiger partial charge on any atom is -0.489 e. The van der Waals surface area contributed by atoms with Gasteiger partial charge in [-0.3, -0.25) is 4.79 Å². The van der Waals surface area contributed by atoms with Crippen LogP contribution in [-0.2, 0) is 33.4 Å². The summed E-state index contributed by atoms with van der Waals surface area (Å²) in [6, 6.07) is 26.9. The molecule has 1 amide bonds. The topological polar surface area (TPSA) is 94.1 Å². The number of aliphatic carboxylic acids is 1. The van der Waals surface area contributed by atoms with Gasteiger partial charge in [0.1, 0.15) is 18.0 Å². The maximum absolute atomic E-state index is 13.1. The summed E-state index contributed by atoms with van der Waals surface area (Å²) in [5.74, 6) is -0.924. The highest BCUT2D eigenvalue weighted by atomic mass is 28.4. The highest BCUT2D eigenvalue weighted by Crippen LogP contribution is 2.39. The quantitative estimate of drug-likeness (QED) is 0.173. The van der Waals surface area contributed by atoms with E-state index in [2.05, 4.69) is 39.2 Å². The summed E-state index contributed by atoms with van der Waals surface area (Å²) in [6.07, 6.45) is -0.102. The van der Waals surface area contributed by atoms with Gasteiger partial charge in [-0.25, -0.2) is 4.79 Å². The van der Waals surface area contributed by atoms with Crippen LogP contribution in [0.4, 0.5) is 4.79 Å². The predicted octanol–water partition coefficient (Wildman–Crippen LogP) is 8.43. The molecule has 7 nitrogen and oxygen atoms in total. The first-order chi connectivity index (χ1) is 21.0. The summed E-state index contributed by atoms with van der Waals surface area (Å²) < 4.78 is 18.5.